The maximum absolute atomic E-state index is 13.9. The van der Waals surface area contributed by atoms with E-state index >= 15 is 0 Å². The highest BCUT2D eigenvalue weighted by Crippen LogP contribution is 2.25. The van der Waals surface area contributed by atoms with Crippen molar-refractivity contribution in [1.29, 1.82) is 0 Å². The summed E-state index contributed by atoms with van der Waals surface area (Å²) >= 11 is 2.34. The predicted octanol–water partition coefficient (Wildman–Crippen LogP) is 1.63. The lowest BCUT2D eigenvalue weighted by Crippen LogP contribution is -2.57. The molecular formula is C30H42N8O6S2. The second-order valence-electron chi connectivity index (χ2n) is 12.2. The highest BCUT2D eigenvalue weighted by atomic mass is 32.1. The number of rotatable bonds is 7. The first kappa shape index (κ1) is 34.9. The van der Waals surface area contributed by atoms with E-state index in [9.17, 15) is 28.8 Å². The van der Waals surface area contributed by atoms with E-state index in [4.69, 9.17) is 5.73 Å². The van der Waals surface area contributed by atoms with Crippen molar-refractivity contribution < 1.29 is 28.8 Å². The van der Waals surface area contributed by atoms with Gasteiger partial charge in [-0.3, -0.25) is 28.8 Å². The molecule has 14 nitrogen and oxygen atoms in total. The molecule has 4 rings (SSSR count). The van der Waals surface area contributed by atoms with E-state index in [-0.39, 0.29) is 48.5 Å². The van der Waals surface area contributed by atoms with Crippen LogP contribution in [0.2, 0.25) is 0 Å². The van der Waals surface area contributed by atoms with Gasteiger partial charge in [0.25, 0.3) is 11.8 Å². The van der Waals surface area contributed by atoms with Gasteiger partial charge in [-0.25, -0.2) is 9.97 Å². The molecule has 0 unspecified atom stereocenters. The van der Waals surface area contributed by atoms with Gasteiger partial charge in [-0.15, -0.1) is 22.7 Å². The lowest BCUT2D eigenvalue weighted by Gasteiger charge is -2.32. The first-order valence-corrected chi connectivity index (χ1v) is 17.3. The minimum Gasteiger partial charge on any atom is -0.370 e. The Morgan fingerprint density at radius 3 is 2.37 bits per heavy atom. The fourth-order valence-electron chi connectivity index (χ4n) is 5.46. The van der Waals surface area contributed by atoms with Crippen LogP contribution in [0, 0.1) is 11.8 Å². The van der Waals surface area contributed by atoms with Crippen molar-refractivity contribution in [2.45, 2.75) is 96.9 Å². The van der Waals surface area contributed by atoms with E-state index in [1.807, 2.05) is 27.7 Å². The topological polar surface area (TPSA) is 206 Å². The maximum Gasteiger partial charge on any atom is 0.271 e. The second kappa shape index (κ2) is 15.6. The third-order valence-corrected chi connectivity index (χ3v) is 9.98. The Balaban J connectivity index is 1.70. The van der Waals surface area contributed by atoms with E-state index in [2.05, 4.69) is 31.2 Å². The number of carbonyl (C=O) groups excluding carboxylic acids is 6. The smallest absolute Gasteiger partial charge is 0.271 e. The Morgan fingerprint density at radius 2 is 1.67 bits per heavy atom. The molecule has 0 saturated carbocycles. The Hall–Kier alpha value is -3.92. The van der Waals surface area contributed by atoms with Crippen LogP contribution in [-0.2, 0) is 25.7 Å². The van der Waals surface area contributed by atoms with Gasteiger partial charge in [-0.1, -0.05) is 34.1 Å². The van der Waals surface area contributed by atoms with Gasteiger partial charge in [0, 0.05) is 23.7 Å². The van der Waals surface area contributed by atoms with Gasteiger partial charge >= 0.3 is 0 Å². The minimum absolute atomic E-state index is 0.0298. The van der Waals surface area contributed by atoms with Gasteiger partial charge in [0.2, 0.25) is 23.6 Å². The van der Waals surface area contributed by atoms with Crippen LogP contribution in [0.1, 0.15) is 103 Å². The van der Waals surface area contributed by atoms with Crippen LogP contribution in [0.3, 0.4) is 0 Å². The number of amides is 6. The number of hydrogen-bond acceptors (Lipinski definition) is 10. The molecule has 4 heterocycles. The van der Waals surface area contributed by atoms with Crippen LogP contribution >= 0.6 is 22.7 Å². The second-order valence-corrected chi connectivity index (χ2v) is 14.0. The Kier molecular flexibility index (Phi) is 11.8. The van der Waals surface area contributed by atoms with E-state index in [1.165, 1.54) is 16.2 Å². The number of hydrogen-bond donors (Lipinski definition) is 5. The molecule has 250 valence electrons. The molecule has 0 spiro atoms. The first-order valence-electron chi connectivity index (χ1n) is 15.6. The van der Waals surface area contributed by atoms with E-state index in [0.717, 1.165) is 11.3 Å². The SMILES string of the molecule is CC[C@H](C)[C@H]1NC(=O)c2csc(n2)CNC(=O)c2csc(n2)[C@H](CCC(N)=O)NC(=O)[C@H](CC(C)C)NC(=O)[C@@H]2CCCN2C1=O. The molecule has 2 aliphatic heterocycles. The molecule has 46 heavy (non-hydrogen) atoms. The van der Waals surface area contributed by atoms with E-state index in [1.54, 1.807) is 10.8 Å². The molecule has 5 atom stereocenters. The number of thiazole rings is 2. The molecule has 6 N–H and O–H groups in total. The molecule has 2 aliphatic rings. The van der Waals surface area contributed by atoms with Gasteiger partial charge in [-0.2, -0.15) is 0 Å². The number of nitrogens with one attached hydrogen (secondary N) is 4. The third kappa shape index (κ3) is 8.66. The van der Waals surface area contributed by atoms with Gasteiger partial charge in [0.05, 0.1) is 12.6 Å². The van der Waals surface area contributed by atoms with Gasteiger partial charge in [0.15, 0.2) is 0 Å². The molecule has 0 radical (unpaired) electrons. The van der Waals surface area contributed by atoms with E-state index < -0.39 is 53.7 Å². The summed E-state index contributed by atoms with van der Waals surface area (Å²) in [5.74, 6) is -3.09. The number of primary amides is 1. The van der Waals surface area contributed by atoms with Gasteiger partial charge in [0.1, 0.15) is 39.5 Å². The molecule has 0 aliphatic carbocycles. The molecule has 16 heteroatoms. The Bertz CT molecular complexity index is 1460. The molecular weight excluding hydrogens is 633 g/mol. The van der Waals surface area contributed by atoms with Gasteiger partial charge in [-0.05, 0) is 37.5 Å². The monoisotopic (exact) mass is 674 g/mol. The summed E-state index contributed by atoms with van der Waals surface area (Å²) in [4.78, 5) is 89.5. The van der Waals surface area contributed by atoms with Crippen LogP contribution in [0.15, 0.2) is 10.8 Å². The molecule has 2 aromatic rings. The summed E-state index contributed by atoms with van der Waals surface area (Å²) in [6, 6.07) is -3.40. The number of nitrogens with two attached hydrogens (primary N) is 1. The number of nitrogens with zero attached hydrogens (tertiary/aromatic N) is 3. The molecule has 2 aromatic heterocycles. The lowest BCUT2D eigenvalue weighted by molar-refractivity contribution is -0.141. The average Bonchev–Trinajstić information content (AvgIpc) is 3.80. The van der Waals surface area contributed by atoms with Crippen molar-refractivity contribution in [1.82, 2.24) is 36.1 Å². The fraction of sp³-hybridized carbons (Fsp3) is 0.600. The molecule has 0 aromatic carbocycles. The zero-order chi connectivity index (χ0) is 33.5. The average molecular weight is 675 g/mol. The van der Waals surface area contributed by atoms with Crippen molar-refractivity contribution in [3.05, 3.63) is 32.2 Å². The van der Waals surface area contributed by atoms with Crippen LogP contribution < -0.4 is 27.0 Å². The zero-order valence-corrected chi connectivity index (χ0v) is 28.1. The van der Waals surface area contributed by atoms with E-state index in [0.29, 0.717) is 42.2 Å². The van der Waals surface area contributed by atoms with Crippen molar-refractivity contribution in [2.24, 2.45) is 17.6 Å². The zero-order valence-electron chi connectivity index (χ0n) is 26.5. The Morgan fingerprint density at radius 1 is 0.978 bits per heavy atom. The summed E-state index contributed by atoms with van der Waals surface area (Å²) in [7, 11) is 0. The first-order chi connectivity index (χ1) is 21.9. The number of carbonyl (C=O) groups is 6. The number of fused-ring (bicyclic) bond motifs is 5. The minimum atomic E-state index is -0.943. The predicted molar refractivity (Wildman–Crippen MR) is 172 cm³/mol. The van der Waals surface area contributed by atoms with Crippen LogP contribution in [0.25, 0.3) is 0 Å². The molecule has 4 bridgehead atoms. The molecule has 1 saturated heterocycles. The van der Waals surface area contributed by atoms with Crippen LogP contribution in [0.4, 0.5) is 0 Å². The summed E-state index contributed by atoms with van der Waals surface area (Å²) in [6.45, 7) is 8.00. The standard InChI is InChI=1S/C30H42N8O6S2/c1-5-16(4)24-30(44)38-10-6-7-21(38)28(43)35-18(11-15(2)3)26(41)34-17(8-9-22(31)39)29-36-19(14-46-29)25(40)32-12-23-33-20(13-45-23)27(42)37-24/h13-18,21,24H,5-12H2,1-4H3,(H2,31,39)(H,32,40)(H,34,41)(H,35,43)(H,37,42)/t16-,17-,18-,21-,24+/m0/s1. The van der Waals surface area contributed by atoms with Crippen LogP contribution in [-0.4, -0.2) is 75.0 Å². The van der Waals surface area contributed by atoms with Crippen molar-refractivity contribution in [3.8, 4) is 0 Å². The molecule has 1 fully saturated rings. The maximum atomic E-state index is 13.9. The highest BCUT2D eigenvalue weighted by Gasteiger charge is 2.40. The quantitative estimate of drug-likeness (QED) is 0.291. The normalized spacial score (nSPS) is 23.9. The Labute approximate surface area is 275 Å². The van der Waals surface area contributed by atoms with Crippen molar-refractivity contribution >= 4 is 58.1 Å². The highest BCUT2D eigenvalue weighted by molar-refractivity contribution is 7.10. The lowest BCUT2D eigenvalue weighted by atomic mass is 9.97. The van der Waals surface area contributed by atoms with Crippen molar-refractivity contribution in [2.75, 3.05) is 6.54 Å². The summed E-state index contributed by atoms with van der Waals surface area (Å²) < 4.78 is 0. The van der Waals surface area contributed by atoms with Crippen LogP contribution in [0.5, 0.6) is 0 Å². The summed E-state index contributed by atoms with van der Waals surface area (Å²) in [5.41, 5.74) is 5.64. The number of aromatic nitrogens is 2. The fourth-order valence-corrected chi connectivity index (χ4v) is 7.06. The largest absolute Gasteiger partial charge is 0.370 e. The van der Waals surface area contributed by atoms with Crippen molar-refractivity contribution in [3.63, 3.8) is 0 Å². The van der Waals surface area contributed by atoms with Gasteiger partial charge < -0.3 is 31.9 Å². The summed E-state index contributed by atoms with van der Waals surface area (Å²) in [6.07, 6.45) is 2.02. The molecule has 6 amide bonds. The summed E-state index contributed by atoms with van der Waals surface area (Å²) in [5, 5.41) is 15.4. The third-order valence-electron chi connectivity index (χ3n) is 8.18.